The Morgan fingerprint density at radius 2 is 2.00 bits per heavy atom. The third kappa shape index (κ3) is 4.14. The summed E-state index contributed by atoms with van der Waals surface area (Å²) in [6, 6.07) is 0.446. The van der Waals surface area contributed by atoms with Crippen LogP contribution < -0.4 is 10.6 Å². The van der Waals surface area contributed by atoms with Gasteiger partial charge in [0.25, 0.3) is 0 Å². The second-order valence-electron chi connectivity index (χ2n) is 3.65. The van der Waals surface area contributed by atoms with Crippen LogP contribution in [-0.4, -0.2) is 22.6 Å². The van der Waals surface area contributed by atoms with Crippen molar-refractivity contribution in [2.24, 2.45) is 0 Å². The molecule has 0 spiro atoms. The van der Waals surface area contributed by atoms with Crippen molar-refractivity contribution in [3.8, 4) is 0 Å². The van der Waals surface area contributed by atoms with Crippen molar-refractivity contribution in [3.63, 3.8) is 0 Å². The van der Waals surface area contributed by atoms with Gasteiger partial charge in [-0.2, -0.15) is 0 Å². The van der Waals surface area contributed by atoms with Gasteiger partial charge >= 0.3 is 0 Å². The summed E-state index contributed by atoms with van der Waals surface area (Å²) in [7, 11) is 0. The molecule has 1 heterocycles. The predicted octanol–water partition coefficient (Wildman–Crippen LogP) is 2.51. The fourth-order valence-corrected chi connectivity index (χ4v) is 1.46. The predicted molar refractivity (Wildman–Crippen MR) is 64.2 cm³/mol. The molecule has 15 heavy (non-hydrogen) atoms. The van der Waals surface area contributed by atoms with E-state index in [1.165, 1.54) is 6.42 Å². The molecule has 1 rings (SSSR count). The van der Waals surface area contributed by atoms with Crippen molar-refractivity contribution in [1.29, 1.82) is 0 Å². The number of rotatable bonds is 6. The minimum absolute atomic E-state index is 0.446. The topological polar surface area (TPSA) is 49.8 Å². The van der Waals surface area contributed by atoms with Crippen LogP contribution in [0.25, 0.3) is 0 Å². The Balaban J connectivity index is 2.56. The molecule has 4 heteroatoms. The van der Waals surface area contributed by atoms with Gasteiger partial charge in [0, 0.05) is 12.6 Å². The molecule has 0 aliphatic rings. The van der Waals surface area contributed by atoms with E-state index < -0.39 is 0 Å². The summed E-state index contributed by atoms with van der Waals surface area (Å²) in [4.78, 5) is 8.53. The maximum absolute atomic E-state index is 4.40. The van der Waals surface area contributed by atoms with Crippen LogP contribution in [0.1, 0.15) is 33.6 Å². The molecular formula is C11H20N4. The fraction of sp³-hybridized carbons (Fsp3) is 0.636. The number of hydrogen-bond donors (Lipinski definition) is 2. The largest absolute Gasteiger partial charge is 0.369 e. The number of hydrogen-bond acceptors (Lipinski definition) is 4. The first-order valence-electron chi connectivity index (χ1n) is 5.58. The Hall–Kier alpha value is -1.32. The van der Waals surface area contributed by atoms with Crippen LogP contribution in [0, 0.1) is 0 Å². The van der Waals surface area contributed by atoms with E-state index in [2.05, 4.69) is 34.4 Å². The van der Waals surface area contributed by atoms with E-state index in [1.54, 1.807) is 12.4 Å². The van der Waals surface area contributed by atoms with Crippen molar-refractivity contribution >= 4 is 11.6 Å². The highest BCUT2D eigenvalue weighted by atomic mass is 15.1. The Bertz CT molecular complexity index is 288. The number of aromatic nitrogens is 2. The quantitative estimate of drug-likeness (QED) is 0.754. The van der Waals surface area contributed by atoms with Gasteiger partial charge in [-0.25, -0.2) is 4.98 Å². The summed E-state index contributed by atoms with van der Waals surface area (Å²) in [6.07, 6.45) is 5.81. The average Bonchev–Trinajstić information content (AvgIpc) is 2.19. The number of nitrogens with zero attached hydrogens (tertiary/aromatic N) is 2. The van der Waals surface area contributed by atoms with Gasteiger partial charge in [0.15, 0.2) is 0 Å². The first-order chi connectivity index (χ1) is 7.26. The van der Waals surface area contributed by atoms with Crippen LogP contribution in [0.5, 0.6) is 0 Å². The van der Waals surface area contributed by atoms with Gasteiger partial charge in [0.05, 0.1) is 12.4 Å². The van der Waals surface area contributed by atoms with Crippen LogP contribution in [0.4, 0.5) is 11.6 Å². The SMILES string of the molecule is CCCC(C)Nc1cncc(NCC)n1. The van der Waals surface area contributed by atoms with Gasteiger partial charge < -0.3 is 10.6 Å². The molecule has 0 aliphatic heterocycles. The summed E-state index contributed by atoms with van der Waals surface area (Å²) in [5.74, 6) is 1.67. The summed E-state index contributed by atoms with van der Waals surface area (Å²) in [5, 5.41) is 6.47. The second-order valence-corrected chi connectivity index (χ2v) is 3.65. The average molecular weight is 208 g/mol. The van der Waals surface area contributed by atoms with Crippen molar-refractivity contribution in [1.82, 2.24) is 9.97 Å². The Kier molecular flexibility index (Phi) is 4.87. The van der Waals surface area contributed by atoms with Crippen LogP contribution in [-0.2, 0) is 0 Å². The van der Waals surface area contributed by atoms with Crippen LogP contribution in [0.2, 0.25) is 0 Å². The van der Waals surface area contributed by atoms with Gasteiger partial charge in [0.2, 0.25) is 0 Å². The van der Waals surface area contributed by atoms with E-state index in [1.807, 2.05) is 6.92 Å². The smallest absolute Gasteiger partial charge is 0.147 e. The molecule has 1 unspecified atom stereocenters. The van der Waals surface area contributed by atoms with Crippen LogP contribution in [0.15, 0.2) is 12.4 Å². The van der Waals surface area contributed by atoms with Crippen molar-refractivity contribution in [2.75, 3.05) is 17.2 Å². The monoisotopic (exact) mass is 208 g/mol. The van der Waals surface area contributed by atoms with Crippen molar-refractivity contribution in [3.05, 3.63) is 12.4 Å². The minimum Gasteiger partial charge on any atom is -0.369 e. The molecular weight excluding hydrogens is 188 g/mol. The Labute approximate surface area is 91.5 Å². The normalized spacial score (nSPS) is 12.2. The molecule has 0 bridgehead atoms. The Morgan fingerprint density at radius 3 is 2.67 bits per heavy atom. The highest BCUT2D eigenvalue weighted by molar-refractivity contribution is 5.41. The lowest BCUT2D eigenvalue weighted by Crippen LogP contribution is -2.16. The summed E-state index contributed by atoms with van der Waals surface area (Å²) in [5.41, 5.74) is 0. The summed E-state index contributed by atoms with van der Waals surface area (Å²) in [6.45, 7) is 7.24. The number of nitrogens with one attached hydrogen (secondary N) is 2. The fourth-order valence-electron chi connectivity index (χ4n) is 1.46. The molecule has 1 aromatic rings. The second kappa shape index (κ2) is 6.22. The third-order valence-electron chi connectivity index (χ3n) is 2.11. The first kappa shape index (κ1) is 11.8. The van der Waals surface area contributed by atoms with E-state index in [-0.39, 0.29) is 0 Å². The van der Waals surface area contributed by atoms with Crippen LogP contribution in [0.3, 0.4) is 0 Å². The molecule has 0 aromatic carbocycles. The lowest BCUT2D eigenvalue weighted by Gasteiger charge is -2.13. The molecule has 0 saturated carbocycles. The van der Waals surface area contributed by atoms with E-state index >= 15 is 0 Å². The molecule has 4 nitrogen and oxygen atoms in total. The van der Waals surface area contributed by atoms with E-state index in [0.29, 0.717) is 6.04 Å². The van der Waals surface area contributed by atoms with Gasteiger partial charge in [0.1, 0.15) is 11.6 Å². The number of anilines is 2. The van der Waals surface area contributed by atoms with E-state index in [9.17, 15) is 0 Å². The van der Waals surface area contributed by atoms with Crippen molar-refractivity contribution in [2.45, 2.75) is 39.7 Å². The van der Waals surface area contributed by atoms with Crippen molar-refractivity contribution < 1.29 is 0 Å². The molecule has 1 atom stereocenters. The molecule has 0 aliphatic carbocycles. The molecule has 0 saturated heterocycles. The van der Waals surface area contributed by atoms with Gasteiger partial charge in [-0.3, -0.25) is 4.98 Å². The highest BCUT2D eigenvalue weighted by Gasteiger charge is 2.02. The zero-order chi connectivity index (χ0) is 11.1. The van der Waals surface area contributed by atoms with Gasteiger partial charge in [-0.05, 0) is 20.3 Å². The van der Waals surface area contributed by atoms with E-state index in [4.69, 9.17) is 0 Å². The van der Waals surface area contributed by atoms with Gasteiger partial charge in [-0.15, -0.1) is 0 Å². The molecule has 2 N–H and O–H groups in total. The lowest BCUT2D eigenvalue weighted by molar-refractivity contribution is 0.687. The zero-order valence-electron chi connectivity index (χ0n) is 9.75. The third-order valence-corrected chi connectivity index (χ3v) is 2.11. The lowest BCUT2D eigenvalue weighted by atomic mass is 10.2. The Morgan fingerprint density at radius 1 is 1.27 bits per heavy atom. The maximum Gasteiger partial charge on any atom is 0.147 e. The van der Waals surface area contributed by atoms with Crippen LogP contribution >= 0.6 is 0 Å². The molecule has 84 valence electrons. The summed E-state index contributed by atoms with van der Waals surface area (Å²) < 4.78 is 0. The molecule has 1 aromatic heterocycles. The van der Waals surface area contributed by atoms with Gasteiger partial charge in [-0.1, -0.05) is 13.3 Å². The standard InChI is InChI=1S/C11H20N4/c1-4-6-9(3)14-11-8-12-7-10(15-11)13-5-2/h7-9H,4-6H2,1-3H3,(H2,13,14,15). The first-order valence-corrected chi connectivity index (χ1v) is 5.58. The molecule has 0 fully saturated rings. The van der Waals surface area contributed by atoms with E-state index in [0.717, 1.165) is 24.6 Å². The summed E-state index contributed by atoms with van der Waals surface area (Å²) >= 11 is 0. The highest BCUT2D eigenvalue weighted by Crippen LogP contribution is 2.09. The zero-order valence-corrected chi connectivity index (χ0v) is 9.75. The minimum atomic E-state index is 0.446. The maximum atomic E-state index is 4.40. The molecule has 0 radical (unpaired) electrons. The molecule has 0 amide bonds.